The van der Waals surface area contributed by atoms with Gasteiger partial charge in [0.15, 0.2) is 9.84 Å². The van der Waals surface area contributed by atoms with Crippen molar-refractivity contribution in [1.29, 1.82) is 0 Å². The fraction of sp³-hybridized carbons (Fsp3) is 0.414. The molecule has 0 spiro atoms. The van der Waals surface area contributed by atoms with E-state index in [1.54, 1.807) is 13.8 Å². The maximum atomic E-state index is 13.5. The van der Waals surface area contributed by atoms with Crippen LogP contribution in [0.25, 0.3) is 0 Å². The fourth-order valence-corrected chi connectivity index (χ4v) is 15.1. The Balaban J connectivity index is 1.68. The van der Waals surface area contributed by atoms with Crippen LogP contribution in [0.15, 0.2) is 75.1 Å². The lowest BCUT2D eigenvalue weighted by Crippen LogP contribution is -2.68. The second-order valence-electron chi connectivity index (χ2n) is 11.4. The van der Waals surface area contributed by atoms with Crippen molar-refractivity contribution in [1.82, 2.24) is 10.0 Å². The van der Waals surface area contributed by atoms with E-state index in [-0.39, 0.29) is 14.5 Å². The highest BCUT2D eigenvalue weighted by atomic mass is 32.3. The number of hydrogen-bond acceptors (Lipinski definition) is 8. The van der Waals surface area contributed by atoms with Gasteiger partial charge in [-0.15, -0.1) is 11.3 Å². The molecule has 2 N–H and O–H groups in total. The Hall–Kier alpha value is -2.35. The molecule has 2 aromatic carbocycles. The minimum atomic E-state index is -4.36. The molecule has 0 saturated heterocycles. The lowest BCUT2D eigenvalue weighted by Gasteiger charge is -2.44. The zero-order valence-electron chi connectivity index (χ0n) is 24.2. The Labute approximate surface area is 248 Å². The highest BCUT2D eigenvalue weighted by Crippen LogP contribution is 2.43. The first kappa shape index (κ1) is 31.6. The highest BCUT2D eigenvalue weighted by Gasteiger charge is 2.52. The van der Waals surface area contributed by atoms with Gasteiger partial charge in [-0.25, -0.2) is 21.6 Å². The number of hydrogen-bond donors (Lipinski definition) is 2. The van der Waals surface area contributed by atoms with Crippen LogP contribution in [-0.4, -0.2) is 49.0 Å². The molecule has 12 heteroatoms. The molecule has 0 bridgehead atoms. The van der Waals surface area contributed by atoms with E-state index in [0.717, 1.165) is 10.4 Å². The maximum absolute atomic E-state index is 13.5. The number of thiophene rings is 1. The van der Waals surface area contributed by atoms with Gasteiger partial charge in [-0.3, -0.25) is 4.79 Å². The molecule has 0 unspecified atom stereocenters. The van der Waals surface area contributed by atoms with E-state index in [2.05, 4.69) is 30.8 Å². The molecule has 1 aliphatic heterocycles. The SMILES string of the molecule is CCN[C@H]1C[C@H](C)S(=O)(=O)c2sc(S(=O)(=O)NC(=O)[C@H](C)O[Si](c3ccccc3)(c3ccccc3)C(C)(C)C)cc21. The normalized spacial score (nSPS) is 19.8. The number of benzene rings is 2. The second kappa shape index (κ2) is 11.7. The van der Waals surface area contributed by atoms with E-state index in [1.165, 1.54) is 6.07 Å². The summed E-state index contributed by atoms with van der Waals surface area (Å²) in [5.41, 5.74) is 0.430. The minimum absolute atomic E-state index is 0.0339. The van der Waals surface area contributed by atoms with E-state index in [9.17, 15) is 21.6 Å². The summed E-state index contributed by atoms with van der Waals surface area (Å²) < 4.78 is 61.7. The molecule has 3 atom stereocenters. The standard InChI is InChI=1S/C29H38N2O6S3Si/c1-7-30-25-18-20(2)39(33,34)28-24(25)19-26(38-28)40(35,36)31-27(32)21(3)37-41(29(4,5)6,22-14-10-8-11-15-22)23-16-12-9-13-17-23/h8-17,19-21,25,30H,7,18H2,1-6H3,(H,31,32)/t20-,21-,25-/m0/s1. The van der Waals surface area contributed by atoms with Gasteiger partial charge >= 0.3 is 0 Å². The zero-order chi connectivity index (χ0) is 30.2. The van der Waals surface area contributed by atoms with Crippen molar-refractivity contribution in [3.05, 3.63) is 72.3 Å². The van der Waals surface area contributed by atoms with E-state index in [4.69, 9.17) is 4.43 Å². The summed E-state index contributed by atoms with van der Waals surface area (Å²) in [6, 6.07) is 20.6. The first-order valence-corrected chi connectivity index (χ1v) is 19.4. The van der Waals surface area contributed by atoms with Crippen molar-refractivity contribution in [2.45, 2.75) is 78.8 Å². The summed E-state index contributed by atoms with van der Waals surface area (Å²) in [7, 11) is -11.2. The third kappa shape index (κ3) is 5.95. The number of nitrogens with one attached hydrogen (secondary N) is 2. The quantitative estimate of drug-likeness (QED) is 0.345. The number of rotatable bonds is 9. The van der Waals surface area contributed by atoms with Gasteiger partial charge in [0, 0.05) is 11.6 Å². The molecule has 0 aliphatic carbocycles. The molecule has 0 fully saturated rings. The van der Waals surface area contributed by atoms with Gasteiger partial charge in [-0.2, -0.15) is 0 Å². The van der Waals surface area contributed by atoms with E-state index >= 15 is 0 Å². The summed E-state index contributed by atoms with van der Waals surface area (Å²) in [4.78, 5) is 13.5. The summed E-state index contributed by atoms with van der Waals surface area (Å²) in [5.74, 6) is -0.816. The van der Waals surface area contributed by atoms with Crippen molar-refractivity contribution >= 4 is 55.8 Å². The van der Waals surface area contributed by atoms with Crippen LogP contribution in [0.3, 0.4) is 0 Å². The highest BCUT2D eigenvalue weighted by molar-refractivity contribution is 7.95. The van der Waals surface area contributed by atoms with Gasteiger partial charge in [-0.1, -0.05) is 88.4 Å². The molecule has 1 amide bonds. The monoisotopic (exact) mass is 634 g/mol. The number of amides is 1. The first-order chi connectivity index (χ1) is 19.1. The average molecular weight is 635 g/mol. The Kier molecular flexibility index (Phi) is 9.04. The zero-order valence-corrected chi connectivity index (χ0v) is 27.6. The number of fused-ring (bicyclic) bond motifs is 1. The summed E-state index contributed by atoms with van der Waals surface area (Å²) in [5, 5.41) is 4.10. The second-order valence-corrected chi connectivity index (χ2v) is 21.2. The Morgan fingerprint density at radius 1 is 1.07 bits per heavy atom. The summed E-state index contributed by atoms with van der Waals surface area (Å²) in [6.45, 7) is 11.9. The van der Waals surface area contributed by atoms with E-state index in [1.807, 2.05) is 67.6 Å². The van der Waals surface area contributed by atoms with Crippen LogP contribution in [-0.2, 0) is 29.1 Å². The predicted molar refractivity (Wildman–Crippen MR) is 165 cm³/mol. The topological polar surface area (TPSA) is 119 Å². The van der Waals surface area contributed by atoms with Gasteiger partial charge in [-0.05, 0) is 48.3 Å². The molecule has 1 aromatic heterocycles. The predicted octanol–water partition coefficient (Wildman–Crippen LogP) is 3.73. The summed E-state index contributed by atoms with van der Waals surface area (Å²) in [6.07, 6.45) is -0.779. The Morgan fingerprint density at radius 3 is 2.10 bits per heavy atom. The Bertz CT molecular complexity index is 1560. The lowest BCUT2D eigenvalue weighted by molar-refractivity contribution is -0.125. The van der Waals surface area contributed by atoms with Crippen LogP contribution in [0, 0.1) is 0 Å². The van der Waals surface area contributed by atoms with Crippen LogP contribution in [0.5, 0.6) is 0 Å². The molecule has 4 rings (SSSR count). The molecular weight excluding hydrogens is 597 g/mol. The van der Waals surface area contributed by atoms with Crippen molar-refractivity contribution in [2.75, 3.05) is 6.54 Å². The van der Waals surface area contributed by atoms with Gasteiger partial charge < -0.3 is 9.74 Å². The molecule has 222 valence electrons. The van der Waals surface area contributed by atoms with Gasteiger partial charge in [0.1, 0.15) is 14.5 Å². The van der Waals surface area contributed by atoms with Crippen LogP contribution in [0.2, 0.25) is 5.04 Å². The molecule has 3 aromatic rings. The van der Waals surface area contributed by atoms with Gasteiger partial charge in [0.25, 0.3) is 24.2 Å². The number of carbonyl (C=O) groups excluding carboxylic acids is 1. The van der Waals surface area contributed by atoms with E-state index < -0.39 is 50.5 Å². The van der Waals surface area contributed by atoms with Crippen molar-refractivity contribution in [2.24, 2.45) is 0 Å². The van der Waals surface area contributed by atoms with Crippen LogP contribution in [0.1, 0.15) is 59.6 Å². The maximum Gasteiger partial charge on any atom is 0.273 e. The largest absolute Gasteiger partial charge is 0.396 e. The number of sulfonamides is 1. The first-order valence-electron chi connectivity index (χ1n) is 13.6. The van der Waals surface area contributed by atoms with Crippen molar-refractivity contribution in [3.8, 4) is 0 Å². The third-order valence-corrected chi connectivity index (χ3v) is 18.4. The fourth-order valence-electron chi connectivity index (χ4n) is 5.45. The average Bonchev–Trinajstić information content (AvgIpc) is 3.39. The smallest absolute Gasteiger partial charge is 0.273 e. The third-order valence-electron chi connectivity index (χ3n) is 7.52. The van der Waals surface area contributed by atoms with Crippen LogP contribution >= 0.6 is 11.3 Å². The molecule has 8 nitrogen and oxygen atoms in total. The molecular formula is C29H38N2O6S3Si. The molecule has 1 aliphatic rings. The van der Waals surface area contributed by atoms with Gasteiger partial charge in [0.2, 0.25) is 0 Å². The molecule has 41 heavy (non-hydrogen) atoms. The van der Waals surface area contributed by atoms with Crippen molar-refractivity contribution in [3.63, 3.8) is 0 Å². The van der Waals surface area contributed by atoms with Gasteiger partial charge in [0.05, 0.1) is 5.25 Å². The van der Waals surface area contributed by atoms with Crippen LogP contribution in [0.4, 0.5) is 0 Å². The molecule has 2 heterocycles. The molecule has 0 saturated carbocycles. The number of sulfone groups is 1. The van der Waals surface area contributed by atoms with Crippen LogP contribution < -0.4 is 20.4 Å². The van der Waals surface area contributed by atoms with E-state index in [0.29, 0.717) is 29.9 Å². The Morgan fingerprint density at radius 2 is 1.61 bits per heavy atom. The molecule has 0 radical (unpaired) electrons. The number of carbonyl (C=O) groups is 1. The summed E-state index contributed by atoms with van der Waals surface area (Å²) >= 11 is 0.685. The lowest BCUT2D eigenvalue weighted by atomic mass is 10.1. The van der Waals surface area contributed by atoms with Crippen molar-refractivity contribution < 1.29 is 26.1 Å². The minimum Gasteiger partial charge on any atom is -0.396 e.